The van der Waals surface area contributed by atoms with E-state index >= 15 is 0 Å². The largest absolute Gasteiger partial charge is 0.409 e. The normalized spacial score (nSPS) is 12.0. The van der Waals surface area contributed by atoms with Gasteiger partial charge in [0.05, 0.1) is 18.6 Å². The Morgan fingerprint density at radius 3 is 2.83 bits per heavy atom. The lowest BCUT2D eigenvalue weighted by Gasteiger charge is -2.02. The molecule has 0 saturated heterocycles. The molecule has 0 fully saturated rings. The van der Waals surface area contributed by atoms with Crippen molar-refractivity contribution >= 4 is 5.84 Å². The van der Waals surface area contributed by atoms with Crippen molar-refractivity contribution in [3.8, 4) is 0 Å². The van der Waals surface area contributed by atoms with Crippen LogP contribution < -0.4 is 5.73 Å². The molecule has 0 aliphatic carbocycles. The van der Waals surface area contributed by atoms with Crippen LogP contribution in [-0.2, 0) is 6.54 Å². The fourth-order valence-electron chi connectivity index (χ4n) is 0.910. The van der Waals surface area contributed by atoms with Crippen molar-refractivity contribution in [1.82, 2.24) is 9.55 Å². The van der Waals surface area contributed by atoms with Gasteiger partial charge < -0.3 is 15.5 Å². The highest BCUT2D eigenvalue weighted by Crippen LogP contribution is 2.03. The van der Waals surface area contributed by atoms with E-state index in [1.165, 1.54) is 0 Å². The number of imidazole rings is 1. The van der Waals surface area contributed by atoms with Gasteiger partial charge in [-0.25, -0.2) is 4.98 Å². The average molecular weight is 168 g/mol. The first kappa shape index (κ1) is 8.58. The molecule has 0 atom stereocenters. The van der Waals surface area contributed by atoms with Crippen LogP contribution in [0.15, 0.2) is 11.5 Å². The predicted molar refractivity (Wildman–Crippen MR) is 45.1 cm³/mol. The molecule has 0 aliphatic rings. The van der Waals surface area contributed by atoms with Gasteiger partial charge in [0, 0.05) is 5.69 Å². The molecule has 12 heavy (non-hydrogen) atoms. The van der Waals surface area contributed by atoms with Crippen LogP contribution in [-0.4, -0.2) is 20.6 Å². The highest BCUT2D eigenvalue weighted by Gasteiger charge is 2.02. The van der Waals surface area contributed by atoms with Crippen LogP contribution in [0.2, 0.25) is 0 Å². The minimum absolute atomic E-state index is 0.176. The van der Waals surface area contributed by atoms with Gasteiger partial charge in [-0.15, -0.1) is 0 Å². The lowest BCUT2D eigenvalue weighted by atomic mass is 10.4. The van der Waals surface area contributed by atoms with Crippen molar-refractivity contribution < 1.29 is 5.21 Å². The summed E-state index contributed by atoms with van der Waals surface area (Å²) in [5.41, 5.74) is 7.32. The molecule has 0 aliphatic heterocycles. The molecule has 1 aromatic heterocycles. The van der Waals surface area contributed by atoms with E-state index in [-0.39, 0.29) is 5.84 Å². The third kappa shape index (κ3) is 1.55. The predicted octanol–water partition coefficient (Wildman–Crippen LogP) is 0.246. The van der Waals surface area contributed by atoms with Crippen LogP contribution in [0.4, 0.5) is 0 Å². The molecule has 1 rings (SSSR count). The van der Waals surface area contributed by atoms with E-state index < -0.39 is 0 Å². The Bertz CT molecular complexity index is 302. The van der Waals surface area contributed by atoms with Crippen molar-refractivity contribution in [2.45, 2.75) is 20.4 Å². The molecule has 5 heteroatoms. The van der Waals surface area contributed by atoms with E-state index in [0.717, 1.165) is 11.4 Å². The quantitative estimate of drug-likeness (QED) is 0.287. The van der Waals surface area contributed by atoms with Crippen molar-refractivity contribution in [3.63, 3.8) is 0 Å². The topological polar surface area (TPSA) is 76.4 Å². The van der Waals surface area contributed by atoms with Crippen LogP contribution in [0.25, 0.3) is 0 Å². The van der Waals surface area contributed by atoms with Gasteiger partial charge in [-0.3, -0.25) is 0 Å². The monoisotopic (exact) mass is 168 g/mol. The van der Waals surface area contributed by atoms with Crippen molar-refractivity contribution in [1.29, 1.82) is 0 Å². The van der Waals surface area contributed by atoms with Crippen LogP contribution in [0.3, 0.4) is 0 Å². The first-order valence-electron chi connectivity index (χ1n) is 3.60. The van der Waals surface area contributed by atoms with Crippen LogP contribution in [0, 0.1) is 13.8 Å². The number of hydrogen-bond donors (Lipinski definition) is 2. The number of oxime groups is 1. The number of amidine groups is 1. The molecule has 0 spiro atoms. The summed E-state index contributed by atoms with van der Waals surface area (Å²) in [5.74, 6) is 0.176. The number of rotatable bonds is 2. The molecular formula is C7H12N4O. The van der Waals surface area contributed by atoms with Crippen LogP contribution >= 0.6 is 0 Å². The standard InChI is InChI=1S/C7H12N4O/c1-5-6(2)11(4-9-5)3-7(8)10-12/h4,12H,3H2,1-2H3,(H2,8,10). The Morgan fingerprint density at radius 1 is 1.75 bits per heavy atom. The fraction of sp³-hybridized carbons (Fsp3) is 0.429. The Hall–Kier alpha value is -1.52. The third-order valence-electron chi connectivity index (χ3n) is 1.81. The number of aromatic nitrogens is 2. The summed E-state index contributed by atoms with van der Waals surface area (Å²) in [6.45, 7) is 4.23. The second kappa shape index (κ2) is 3.25. The Balaban J connectivity index is 2.83. The molecule has 0 unspecified atom stereocenters. The molecule has 0 radical (unpaired) electrons. The summed E-state index contributed by atoms with van der Waals surface area (Å²) in [4.78, 5) is 4.07. The SMILES string of the molecule is Cc1ncn(CC(N)=NO)c1C. The number of hydrogen-bond acceptors (Lipinski definition) is 3. The molecule has 3 N–H and O–H groups in total. The summed E-state index contributed by atoms with van der Waals surface area (Å²) in [6.07, 6.45) is 1.67. The zero-order valence-electron chi connectivity index (χ0n) is 7.15. The van der Waals surface area contributed by atoms with Gasteiger partial charge in [-0.1, -0.05) is 5.16 Å². The molecule has 5 nitrogen and oxygen atoms in total. The fourth-order valence-corrected chi connectivity index (χ4v) is 0.910. The zero-order valence-corrected chi connectivity index (χ0v) is 7.15. The first-order valence-corrected chi connectivity index (χ1v) is 3.60. The summed E-state index contributed by atoms with van der Waals surface area (Å²) in [6, 6.07) is 0. The van der Waals surface area contributed by atoms with E-state index in [2.05, 4.69) is 10.1 Å². The Kier molecular flexibility index (Phi) is 2.32. The minimum Gasteiger partial charge on any atom is -0.409 e. The summed E-state index contributed by atoms with van der Waals surface area (Å²) >= 11 is 0. The molecule has 0 bridgehead atoms. The van der Waals surface area contributed by atoms with Crippen LogP contribution in [0.1, 0.15) is 11.4 Å². The van der Waals surface area contributed by atoms with E-state index in [1.807, 2.05) is 18.4 Å². The highest BCUT2D eigenvalue weighted by atomic mass is 16.4. The summed E-state index contributed by atoms with van der Waals surface area (Å²) in [7, 11) is 0. The second-order valence-corrected chi connectivity index (χ2v) is 2.63. The Labute approximate surface area is 70.5 Å². The number of nitrogens with zero attached hydrogens (tertiary/aromatic N) is 3. The van der Waals surface area contributed by atoms with Gasteiger partial charge in [-0.2, -0.15) is 0 Å². The van der Waals surface area contributed by atoms with Gasteiger partial charge >= 0.3 is 0 Å². The van der Waals surface area contributed by atoms with Gasteiger partial charge in [0.25, 0.3) is 0 Å². The van der Waals surface area contributed by atoms with Crippen molar-refractivity contribution in [2.75, 3.05) is 0 Å². The molecule has 0 amide bonds. The number of aryl methyl sites for hydroxylation is 1. The maximum atomic E-state index is 8.32. The summed E-state index contributed by atoms with van der Waals surface area (Å²) < 4.78 is 1.82. The molecule has 0 saturated carbocycles. The Morgan fingerprint density at radius 2 is 2.42 bits per heavy atom. The van der Waals surface area contributed by atoms with Crippen LogP contribution in [0.5, 0.6) is 0 Å². The van der Waals surface area contributed by atoms with Gasteiger partial charge in [0.1, 0.15) is 0 Å². The molecule has 1 heterocycles. The molecule has 1 aromatic rings. The van der Waals surface area contributed by atoms with Crippen molar-refractivity contribution in [3.05, 3.63) is 17.7 Å². The summed E-state index contributed by atoms with van der Waals surface area (Å²) in [5, 5.41) is 11.2. The van der Waals surface area contributed by atoms with E-state index in [1.54, 1.807) is 6.33 Å². The molecule has 0 aromatic carbocycles. The third-order valence-corrected chi connectivity index (χ3v) is 1.81. The van der Waals surface area contributed by atoms with Crippen molar-refractivity contribution in [2.24, 2.45) is 10.9 Å². The van der Waals surface area contributed by atoms with Gasteiger partial charge in [-0.05, 0) is 13.8 Å². The highest BCUT2D eigenvalue weighted by molar-refractivity contribution is 5.79. The van der Waals surface area contributed by atoms with Gasteiger partial charge in [0.2, 0.25) is 0 Å². The van der Waals surface area contributed by atoms with E-state index in [4.69, 9.17) is 10.9 Å². The maximum Gasteiger partial charge on any atom is 0.159 e. The lowest BCUT2D eigenvalue weighted by Crippen LogP contribution is -2.19. The van der Waals surface area contributed by atoms with Gasteiger partial charge in [0.15, 0.2) is 5.84 Å². The van der Waals surface area contributed by atoms with E-state index in [0.29, 0.717) is 6.54 Å². The average Bonchev–Trinajstić information content (AvgIpc) is 2.36. The molecule has 66 valence electrons. The zero-order chi connectivity index (χ0) is 9.14. The lowest BCUT2D eigenvalue weighted by molar-refractivity contribution is 0.316. The maximum absolute atomic E-state index is 8.32. The number of nitrogens with two attached hydrogens (primary N) is 1. The minimum atomic E-state index is 0.176. The molecular weight excluding hydrogens is 156 g/mol. The van der Waals surface area contributed by atoms with E-state index in [9.17, 15) is 0 Å². The first-order chi connectivity index (χ1) is 5.65. The smallest absolute Gasteiger partial charge is 0.159 e. The second-order valence-electron chi connectivity index (χ2n) is 2.63.